The van der Waals surface area contributed by atoms with E-state index < -0.39 is 6.04 Å². The number of nitrogens with one attached hydrogen (secondary N) is 1. The van der Waals surface area contributed by atoms with E-state index in [0.29, 0.717) is 18.9 Å². The zero-order valence-electron chi connectivity index (χ0n) is 16.8. The summed E-state index contributed by atoms with van der Waals surface area (Å²) >= 11 is 0. The molecular formula is C21H21N7O2. The summed E-state index contributed by atoms with van der Waals surface area (Å²) in [5, 5.41) is 13.0. The largest absolute Gasteiger partial charge is 0.416 e. The Labute approximate surface area is 172 Å². The first kappa shape index (κ1) is 17.4. The minimum absolute atomic E-state index is 0.0297. The first-order chi connectivity index (χ1) is 14.5. The fourth-order valence-electron chi connectivity index (χ4n) is 4.18. The van der Waals surface area contributed by atoms with E-state index in [4.69, 9.17) is 9.52 Å². The molecule has 9 heteroatoms. The molecule has 152 valence electrons. The maximum Gasteiger partial charge on any atom is 0.312 e. The molecule has 9 nitrogen and oxygen atoms in total. The second-order valence-electron chi connectivity index (χ2n) is 8.46. The Bertz CT molecular complexity index is 1280. The molecule has 0 spiro atoms. The summed E-state index contributed by atoms with van der Waals surface area (Å²) in [6.07, 6.45) is 4.37. The lowest BCUT2D eigenvalue weighted by Gasteiger charge is -2.32. The summed E-state index contributed by atoms with van der Waals surface area (Å²) in [7, 11) is 0. The second-order valence-corrected chi connectivity index (χ2v) is 8.46. The van der Waals surface area contributed by atoms with E-state index in [2.05, 4.69) is 27.1 Å². The number of aromatic amines is 1. The van der Waals surface area contributed by atoms with E-state index in [1.54, 1.807) is 11.2 Å². The molecule has 0 bridgehead atoms. The molecule has 4 aromatic heterocycles. The molecule has 0 aromatic carbocycles. The van der Waals surface area contributed by atoms with E-state index in [1.165, 1.54) is 0 Å². The standard InChI is InChI=1S/C21H21N7O2/c1-12-4-3-5-13-10-15(26-28(12)13)17-16-14(22-11-23-16)6-9-27(17)19(29)18-24-25-20(30-18)21(2)7-8-21/h3-5,10-11,17H,6-9H2,1-2H3,(H,22,23). The minimum atomic E-state index is -0.418. The zero-order chi connectivity index (χ0) is 20.5. The van der Waals surface area contributed by atoms with Gasteiger partial charge in [-0.3, -0.25) is 4.79 Å². The third kappa shape index (κ3) is 2.51. The van der Waals surface area contributed by atoms with Crippen molar-refractivity contribution in [3.63, 3.8) is 0 Å². The first-order valence-corrected chi connectivity index (χ1v) is 10.2. The summed E-state index contributed by atoms with van der Waals surface area (Å²) in [6.45, 7) is 4.60. The van der Waals surface area contributed by atoms with Gasteiger partial charge in [-0.15, -0.1) is 10.2 Å². The van der Waals surface area contributed by atoms with Crippen LogP contribution in [0.15, 0.2) is 35.0 Å². The Balaban J connectivity index is 1.43. The van der Waals surface area contributed by atoms with Crippen molar-refractivity contribution in [2.45, 2.75) is 44.6 Å². The van der Waals surface area contributed by atoms with Crippen LogP contribution in [-0.2, 0) is 11.8 Å². The van der Waals surface area contributed by atoms with Gasteiger partial charge in [0.25, 0.3) is 0 Å². The first-order valence-electron chi connectivity index (χ1n) is 10.2. The van der Waals surface area contributed by atoms with Gasteiger partial charge in [-0.25, -0.2) is 9.50 Å². The van der Waals surface area contributed by atoms with Crippen LogP contribution in [0.2, 0.25) is 0 Å². The van der Waals surface area contributed by atoms with Crippen molar-refractivity contribution in [2.75, 3.05) is 6.54 Å². The number of hydrogen-bond acceptors (Lipinski definition) is 6. The van der Waals surface area contributed by atoms with Crippen molar-refractivity contribution in [3.8, 4) is 0 Å². The topological polar surface area (TPSA) is 105 Å². The molecule has 4 aromatic rings. The molecule has 1 saturated carbocycles. The summed E-state index contributed by atoms with van der Waals surface area (Å²) in [5.41, 5.74) is 4.51. The number of hydrogen-bond donors (Lipinski definition) is 1. The summed E-state index contributed by atoms with van der Waals surface area (Å²) in [4.78, 5) is 22.9. The highest BCUT2D eigenvalue weighted by molar-refractivity contribution is 5.90. The number of rotatable bonds is 3. The Morgan fingerprint density at radius 3 is 2.97 bits per heavy atom. The van der Waals surface area contributed by atoms with Gasteiger partial charge >= 0.3 is 11.8 Å². The monoisotopic (exact) mass is 403 g/mol. The fraction of sp³-hybridized carbons (Fsp3) is 0.381. The molecule has 1 unspecified atom stereocenters. The van der Waals surface area contributed by atoms with Gasteiger partial charge in [0.05, 0.1) is 23.2 Å². The number of nitrogens with zero attached hydrogens (tertiary/aromatic N) is 6. The molecule has 0 saturated heterocycles. The van der Waals surface area contributed by atoms with E-state index in [9.17, 15) is 4.79 Å². The number of carbonyl (C=O) groups is 1. The molecule has 1 N–H and O–H groups in total. The van der Waals surface area contributed by atoms with E-state index in [1.807, 2.05) is 35.7 Å². The van der Waals surface area contributed by atoms with Gasteiger partial charge in [0.15, 0.2) is 0 Å². The highest BCUT2D eigenvalue weighted by atomic mass is 16.4. The molecular weight excluding hydrogens is 382 g/mol. The van der Waals surface area contributed by atoms with Gasteiger partial charge in [0.2, 0.25) is 5.89 Å². The third-order valence-electron chi connectivity index (χ3n) is 6.28. The number of fused-ring (bicyclic) bond motifs is 2. The van der Waals surface area contributed by atoms with Crippen molar-refractivity contribution in [2.24, 2.45) is 0 Å². The quantitative estimate of drug-likeness (QED) is 0.564. The summed E-state index contributed by atoms with van der Waals surface area (Å²) in [5.74, 6) is 0.288. The Morgan fingerprint density at radius 1 is 1.30 bits per heavy atom. The Hall–Kier alpha value is -3.49. The average Bonchev–Trinajstić information content (AvgIpc) is 3.21. The van der Waals surface area contributed by atoms with Crippen LogP contribution < -0.4 is 0 Å². The maximum absolute atomic E-state index is 13.4. The molecule has 1 aliphatic heterocycles. The van der Waals surface area contributed by atoms with Crippen LogP contribution in [0.1, 0.15) is 65.2 Å². The molecule has 1 amide bonds. The van der Waals surface area contributed by atoms with Gasteiger partial charge < -0.3 is 14.3 Å². The highest BCUT2D eigenvalue weighted by Crippen LogP contribution is 2.46. The number of H-pyrrole nitrogens is 1. The molecule has 30 heavy (non-hydrogen) atoms. The fourth-order valence-corrected chi connectivity index (χ4v) is 4.18. The van der Waals surface area contributed by atoms with Crippen LogP contribution >= 0.6 is 0 Å². The van der Waals surface area contributed by atoms with Crippen LogP contribution in [0.25, 0.3) is 5.52 Å². The minimum Gasteiger partial charge on any atom is -0.416 e. The van der Waals surface area contributed by atoms with Crippen LogP contribution in [0.3, 0.4) is 0 Å². The van der Waals surface area contributed by atoms with Crippen molar-refractivity contribution < 1.29 is 9.21 Å². The number of aromatic nitrogens is 6. The molecule has 1 fully saturated rings. The Morgan fingerprint density at radius 2 is 2.17 bits per heavy atom. The smallest absolute Gasteiger partial charge is 0.312 e. The van der Waals surface area contributed by atoms with Gasteiger partial charge in [-0.1, -0.05) is 13.0 Å². The van der Waals surface area contributed by atoms with Crippen LogP contribution in [-0.4, -0.2) is 47.1 Å². The van der Waals surface area contributed by atoms with Gasteiger partial charge in [-0.05, 0) is 38.0 Å². The average molecular weight is 403 g/mol. The number of carbonyl (C=O) groups excluding carboxylic acids is 1. The third-order valence-corrected chi connectivity index (χ3v) is 6.28. The van der Waals surface area contributed by atoms with Crippen molar-refractivity contribution in [1.29, 1.82) is 0 Å². The highest BCUT2D eigenvalue weighted by Gasteiger charge is 2.45. The molecule has 6 rings (SSSR count). The number of aryl methyl sites for hydroxylation is 1. The number of pyridine rings is 1. The van der Waals surface area contributed by atoms with Gasteiger partial charge in [-0.2, -0.15) is 5.10 Å². The lowest BCUT2D eigenvalue weighted by Crippen LogP contribution is -2.41. The predicted octanol–water partition coefficient (Wildman–Crippen LogP) is 2.59. The van der Waals surface area contributed by atoms with Crippen LogP contribution in [0, 0.1) is 6.92 Å². The van der Waals surface area contributed by atoms with Gasteiger partial charge in [0.1, 0.15) is 6.04 Å². The Kier molecular flexibility index (Phi) is 3.48. The molecule has 5 heterocycles. The SMILES string of the molecule is Cc1cccc2cc(C3c4nc[nH]c4CCN3C(=O)c3nnc(C4(C)CC4)o3)nn12. The predicted molar refractivity (Wildman–Crippen MR) is 106 cm³/mol. The molecule has 2 aliphatic rings. The molecule has 0 radical (unpaired) electrons. The van der Waals surface area contributed by atoms with Crippen LogP contribution in [0.4, 0.5) is 0 Å². The normalized spacial score (nSPS) is 19.8. The van der Waals surface area contributed by atoms with Crippen molar-refractivity contribution in [3.05, 3.63) is 65.1 Å². The molecule has 1 aliphatic carbocycles. The van der Waals surface area contributed by atoms with E-state index in [-0.39, 0.29) is 17.2 Å². The van der Waals surface area contributed by atoms with Crippen molar-refractivity contribution >= 4 is 11.4 Å². The van der Waals surface area contributed by atoms with Gasteiger partial charge in [0, 0.05) is 29.8 Å². The summed E-state index contributed by atoms with van der Waals surface area (Å²) in [6, 6.07) is 7.60. The zero-order valence-corrected chi connectivity index (χ0v) is 16.8. The molecule has 1 atom stereocenters. The van der Waals surface area contributed by atoms with Crippen LogP contribution in [0.5, 0.6) is 0 Å². The lowest BCUT2D eigenvalue weighted by molar-refractivity contribution is 0.0643. The van der Waals surface area contributed by atoms with Crippen molar-refractivity contribution in [1.82, 2.24) is 34.7 Å². The van der Waals surface area contributed by atoms with E-state index in [0.717, 1.165) is 41.1 Å². The summed E-state index contributed by atoms with van der Waals surface area (Å²) < 4.78 is 7.68. The lowest BCUT2D eigenvalue weighted by atomic mass is 9.99. The second kappa shape index (κ2) is 6.01. The van der Waals surface area contributed by atoms with E-state index >= 15 is 0 Å². The maximum atomic E-state index is 13.4. The number of imidazole rings is 1. The number of amides is 1.